The summed E-state index contributed by atoms with van der Waals surface area (Å²) in [6.07, 6.45) is -3.60. The first-order valence-corrected chi connectivity index (χ1v) is 10.2. The van der Waals surface area contributed by atoms with Crippen molar-refractivity contribution in [3.05, 3.63) is 0 Å². The Balaban J connectivity index is 5.35. The Hall–Kier alpha value is -0.286. The molecule has 0 N–H and O–H groups in total. The molecule has 0 aliphatic heterocycles. The number of alkyl halides is 8. The number of halogens is 8. The maximum absolute atomic E-state index is 13.7. The third-order valence-corrected chi connectivity index (χ3v) is 6.65. The monoisotopic (exact) mass is 436 g/mol. The van der Waals surface area contributed by atoms with Crippen LogP contribution in [0, 0.1) is 0 Å². The molecule has 156 valence electrons. The van der Waals surface area contributed by atoms with Gasteiger partial charge in [-0.1, -0.05) is 0 Å². The second-order valence-electron chi connectivity index (χ2n) is 5.12. The summed E-state index contributed by atoms with van der Waals surface area (Å²) in [5.41, 5.74) is 0. The average molecular weight is 436 g/mol. The van der Waals surface area contributed by atoms with Gasteiger partial charge in [0, 0.05) is 41.3 Å². The van der Waals surface area contributed by atoms with E-state index in [1.165, 1.54) is 0 Å². The molecule has 0 rings (SSSR count). The topological polar surface area (TPSA) is 36.9 Å². The van der Waals surface area contributed by atoms with Gasteiger partial charge in [0.05, 0.1) is 0 Å². The Morgan fingerprint density at radius 3 is 0.962 bits per heavy atom. The Bertz CT molecular complexity index is 382. The van der Waals surface area contributed by atoms with Crippen LogP contribution in [0.4, 0.5) is 35.1 Å². The fraction of sp³-hybridized carbons (Fsp3) is 1.00. The summed E-state index contributed by atoms with van der Waals surface area (Å²) in [6.45, 7) is 0. The van der Waals surface area contributed by atoms with Crippen LogP contribution < -0.4 is 0 Å². The quantitative estimate of drug-likeness (QED) is 0.325. The molecule has 0 saturated carbocycles. The van der Waals surface area contributed by atoms with Gasteiger partial charge in [0.25, 0.3) is 0 Å². The van der Waals surface area contributed by atoms with E-state index >= 15 is 0 Å². The average Bonchev–Trinajstić information content (AvgIpc) is 2.56. The first-order valence-electron chi connectivity index (χ1n) is 7.13. The van der Waals surface area contributed by atoms with Crippen molar-refractivity contribution < 1.29 is 52.8 Å². The minimum Gasteiger partial charge on any atom is -0.397 e. The van der Waals surface area contributed by atoms with Gasteiger partial charge >= 0.3 is 42.3 Å². The minimum absolute atomic E-state index is 0.803. The predicted octanol–water partition coefficient (Wildman–Crippen LogP) is 3.87. The van der Waals surface area contributed by atoms with E-state index in [2.05, 4.69) is 17.7 Å². The van der Waals surface area contributed by atoms with Gasteiger partial charge in [-0.2, -0.15) is 35.1 Å². The predicted molar refractivity (Wildman–Crippen MR) is 78.2 cm³/mol. The van der Waals surface area contributed by atoms with E-state index in [0.29, 0.717) is 0 Å². The Labute approximate surface area is 149 Å². The molecule has 0 spiro atoms. The highest BCUT2D eigenvalue weighted by Gasteiger charge is 2.79. The number of hydrogen-bond donors (Lipinski definition) is 0. The van der Waals surface area contributed by atoms with Crippen molar-refractivity contribution in [2.45, 2.75) is 48.6 Å². The molecule has 4 nitrogen and oxygen atoms in total. The molecule has 2 radical (unpaired) electrons. The molecule has 0 aromatic carbocycles. The highest BCUT2D eigenvalue weighted by atomic mass is 28.3. The molecule has 0 amide bonds. The van der Waals surface area contributed by atoms with Gasteiger partial charge in [-0.25, -0.2) is 0 Å². The molecular weight excluding hydrogens is 416 g/mol. The van der Waals surface area contributed by atoms with Crippen LogP contribution >= 0.6 is 0 Å². The Morgan fingerprint density at radius 1 is 0.538 bits per heavy atom. The highest BCUT2D eigenvalue weighted by molar-refractivity contribution is 6.44. The van der Waals surface area contributed by atoms with Crippen LogP contribution in [-0.4, -0.2) is 70.7 Å². The molecule has 0 aliphatic rings. The lowest BCUT2D eigenvalue weighted by molar-refractivity contribution is -0.366. The van der Waals surface area contributed by atoms with Gasteiger partial charge in [0.2, 0.25) is 0 Å². The highest BCUT2D eigenvalue weighted by Crippen LogP contribution is 2.55. The van der Waals surface area contributed by atoms with Gasteiger partial charge in [0.15, 0.2) is 0 Å². The molecule has 0 saturated heterocycles. The molecule has 0 aliphatic carbocycles. The van der Waals surface area contributed by atoms with E-state index in [1.807, 2.05) is 0 Å². The van der Waals surface area contributed by atoms with E-state index in [1.54, 1.807) is 0 Å². The van der Waals surface area contributed by atoms with Crippen molar-refractivity contribution in [2.75, 3.05) is 28.4 Å². The maximum atomic E-state index is 13.7. The SMILES string of the molecule is CO[Si](CCC(F)(F)C(F)(F)C(F)(F)C(F)(F)CC[Si](OC)OC)OC. The summed E-state index contributed by atoms with van der Waals surface area (Å²) in [6, 6.07) is -1.61. The molecule has 0 heterocycles. The fourth-order valence-electron chi connectivity index (χ4n) is 1.87. The number of hydrogen-bond acceptors (Lipinski definition) is 4. The molecule has 26 heavy (non-hydrogen) atoms. The zero-order valence-corrected chi connectivity index (χ0v) is 16.5. The van der Waals surface area contributed by atoms with E-state index in [0.717, 1.165) is 28.4 Å². The van der Waals surface area contributed by atoms with Crippen LogP contribution in [0.2, 0.25) is 12.1 Å². The molecule has 0 bridgehead atoms. The van der Waals surface area contributed by atoms with Crippen molar-refractivity contribution in [3.63, 3.8) is 0 Å². The smallest absolute Gasteiger partial charge is 0.384 e. The first-order chi connectivity index (χ1) is 11.7. The lowest BCUT2D eigenvalue weighted by Gasteiger charge is -2.37. The second kappa shape index (κ2) is 9.77. The van der Waals surface area contributed by atoms with E-state index < -0.39 is 67.2 Å². The van der Waals surface area contributed by atoms with Crippen LogP contribution in [0.1, 0.15) is 12.8 Å². The summed E-state index contributed by atoms with van der Waals surface area (Å²) >= 11 is 0. The lowest BCUT2D eigenvalue weighted by atomic mass is 9.95. The fourth-order valence-corrected chi connectivity index (χ4v) is 4.05. The summed E-state index contributed by atoms with van der Waals surface area (Å²) in [7, 11) is -0.567. The van der Waals surface area contributed by atoms with Crippen molar-refractivity contribution in [1.82, 2.24) is 0 Å². The van der Waals surface area contributed by atoms with E-state index in [4.69, 9.17) is 0 Å². The van der Waals surface area contributed by atoms with Crippen molar-refractivity contribution in [2.24, 2.45) is 0 Å². The zero-order chi connectivity index (χ0) is 20.8. The summed E-state index contributed by atoms with van der Waals surface area (Å²) in [5.74, 6) is -23.4. The van der Waals surface area contributed by atoms with Crippen molar-refractivity contribution in [1.29, 1.82) is 0 Å². The van der Waals surface area contributed by atoms with Crippen LogP contribution in [-0.2, 0) is 17.7 Å². The molecule has 0 aromatic rings. The van der Waals surface area contributed by atoms with Crippen LogP contribution in [0.5, 0.6) is 0 Å². The second-order valence-corrected chi connectivity index (χ2v) is 9.24. The summed E-state index contributed by atoms with van der Waals surface area (Å²) in [4.78, 5) is 0. The molecular formula is C12H20F8O4Si2. The third-order valence-electron chi connectivity index (χ3n) is 3.51. The third kappa shape index (κ3) is 5.61. The van der Waals surface area contributed by atoms with Crippen molar-refractivity contribution >= 4 is 18.6 Å². The van der Waals surface area contributed by atoms with Crippen LogP contribution in [0.25, 0.3) is 0 Å². The zero-order valence-electron chi connectivity index (χ0n) is 14.5. The van der Waals surface area contributed by atoms with Crippen LogP contribution in [0.15, 0.2) is 0 Å². The largest absolute Gasteiger partial charge is 0.397 e. The minimum atomic E-state index is -6.29. The molecule has 14 heteroatoms. The maximum Gasteiger partial charge on any atom is 0.384 e. The van der Waals surface area contributed by atoms with E-state index in [9.17, 15) is 35.1 Å². The van der Waals surface area contributed by atoms with Gasteiger partial charge < -0.3 is 17.7 Å². The van der Waals surface area contributed by atoms with Gasteiger partial charge in [-0.05, 0) is 12.1 Å². The lowest BCUT2D eigenvalue weighted by Crippen LogP contribution is -2.62. The normalized spacial score (nSPS) is 14.5. The molecule has 0 atom stereocenters. The Kier molecular flexibility index (Phi) is 9.66. The van der Waals surface area contributed by atoms with E-state index in [-0.39, 0.29) is 0 Å². The Morgan fingerprint density at radius 2 is 0.769 bits per heavy atom. The molecule has 0 aromatic heterocycles. The number of rotatable bonds is 13. The van der Waals surface area contributed by atoms with Gasteiger partial charge in [-0.3, -0.25) is 0 Å². The standard InChI is InChI=1S/C12H20F8O4Si2/c1-21-25(22-2)7-5-9(13,14)11(17,18)12(19,20)10(15,16)6-8-26(23-3)24-4/h5-8H2,1-4H3. The first kappa shape index (κ1) is 25.7. The van der Waals surface area contributed by atoms with Gasteiger partial charge in [-0.15, -0.1) is 0 Å². The summed E-state index contributed by atoms with van der Waals surface area (Å²) in [5, 5.41) is 0. The summed E-state index contributed by atoms with van der Waals surface area (Å²) < 4.78 is 128. The van der Waals surface area contributed by atoms with Gasteiger partial charge in [0.1, 0.15) is 0 Å². The van der Waals surface area contributed by atoms with Crippen LogP contribution in [0.3, 0.4) is 0 Å². The molecule has 0 fully saturated rings. The van der Waals surface area contributed by atoms with Crippen molar-refractivity contribution in [3.8, 4) is 0 Å². The molecule has 0 unspecified atom stereocenters.